The van der Waals surface area contributed by atoms with Crippen LogP contribution in [0, 0.1) is 0 Å². The van der Waals surface area contributed by atoms with E-state index in [9.17, 15) is 10.2 Å². The fourth-order valence-corrected chi connectivity index (χ4v) is 3.79. The standard InChI is InChI=1S/C20H16N2O3/c23-18(15-7-12-5-6-25-20(12)9-19(15)24)8-16-13-3-1-2-4-14(13)17-10-21-11-22(16)17/h1-7,9-11,16,18,23-24H,8H2. The Balaban J connectivity index is 1.53. The van der Waals surface area contributed by atoms with Gasteiger partial charge in [0.15, 0.2) is 0 Å². The Morgan fingerprint density at radius 1 is 1.20 bits per heavy atom. The molecule has 25 heavy (non-hydrogen) atoms. The van der Waals surface area contributed by atoms with Gasteiger partial charge in [0.2, 0.25) is 0 Å². The topological polar surface area (TPSA) is 71.4 Å². The minimum absolute atomic E-state index is 0.0110. The maximum Gasteiger partial charge on any atom is 0.137 e. The van der Waals surface area contributed by atoms with Crippen LogP contribution in [0.5, 0.6) is 5.75 Å². The number of hydrogen-bond acceptors (Lipinski definition) is 4. The van der Waals surface area contributed by atoms with Gasteiger partial charge in [0.05, 0.1) is 36.6 Å². The first-order valence-electron chi connectivity index (χ1n) is 8.21. The highest BCUT2D eigenvalue weighted by Crippen LogP contribution is 2.44. The molecule has 0 fully saturated rings. The first-order valence-corrected chi connectivity index (χ1v) is 8.21. The molecule has 0 bridgehead atoms. The lowest BCUT2D eigenvalue weighted by atomic mass is 9.95. The van der Waals surface area contributed by atoms with Crippen LogP contribution in [0.4, 0.5) is 0 Å². The van der Waals surface area contributed by atoms with Crippen molar-refractivity contribution >= 4 is 11.0 Å². The predicted octanol–water partition coefficient (Wildman–Crippen LogP) is 4.03. The van der Waals surface area contributed by atoms with E-state index < -0.39 is 6.10 Å². The fraction of sp³-hybridized carbons (Fsp3) is 0.150. The van der Waals surface area contributed by atoms with Crippen molar-refractivity contribution < 1.29 is 14.6 Å². The van der Waals surface area contributed by atoms with Gasteiger partial charge < -0.3 is 19.2 Å². The summed E-state index contributed by atoms with van der Waals surface area (Å²) in [6.07, 6.45) is 4.87. The molecule has 1 aliphatic heterocycles. The molecule has 0 aliphatic carbocycles. The summed E-state index contributed by atoms with van der Waals surface area (Å²) in [6.45, 7) is 0. The molecule has 2 N–H and O–H groups in total. The molecule has 0 saturated heterocycles. The van der Waals surface area contributed by atoms with Gasteiger partial charge in [-0.15, -0.1) is 0 Å². The van der Waals surface area contributed by atoms with Gasteiger partial charge in [-0.3, -0.25) is 0 Å². The van der Waals surface area contributed by atoms with E-state index in [0.717, 1.165) is 16.6 Å². The molecule has 2 aromatic carbocycles. The number of phenols is 1. The molecule has 0 radical (unpaired) electrons. The first-order chi connectivity index (χ1) is 12.2. The Morgan fingerprint density at radius 3 is 3.00 bits per heavy atom. The van der Waals surface area contributed by atoms with E-state index in [1.807, 2.05) is 24.4 Å². The fourth-order valence-electron chi connectivity index (χ4n) is 3.79. The zero-order chi connectivity index (χ0) is 17.0. The second-order valence-electron chi connectivity index (χ2n) is 6.41. The maximum atomic E-state index is 10.8. The van der Waals surface area contributed by atoms with Crippen molar-refractivity contribution in [3.8, 4) is 17.0 Å². The third-order valence-corrected chi connectivity index (χ3v) is 5.00. The van der Waals surface area contributed by atoms with Gasteiger partial charge in [0, 0.05) is 29.0 Å². The van der Waals surface area contributed by atoms with Crippen LogP contribution in [0.2, 0.25) is 0 Å². The van der Waals surface area contributed by atoms with Crippen LogP contribution in [-0.2, 0) is 0 Å². The van der Waals surface area contributed by atoms with E-state index in [0.29, 0.717) is 17.6 Å². The number of aromatic hydroxyl groups is 1. The van der Waals surface area contributed by atoms with Crippen molar-refractivity contribution in [2.75, 3.05) is 0 Å². The highest BCUT2D eigenvalue weighted by molar-refractivity contribution is 5.80. The normalized spacial score (nSPS) is 16.8. The summed E-state index contributed by atoms with van der Waals surface area (Å²) >= 11 is 0. The first kappa shape index (κ1) is 14.3. The minimum Gasteiger partial charge on any atom is -0.507 e. The molecule has 2 aromatic heterocycles. The number of rotatable bonds is 3. The molecular formula is C20H16N2O3. The zero-order valence-corrected chi connectivity index (χ0v) is 13.3. The minimum atomic E-state index is -0.800. The molecule has 0 spiro atoms. The van der Waals surface area contributed by atoms with E-state index in [1.54, 1.807) is 24.7 Å². The van der Waals surface area contributed by atoms with E-state index in [-0.39, 0.29) is 11.8 Å². The van der Waals surface area contributed by atoms with Gasteiger partial charge in [-0.25, -0.2) is 4.98 Å². The molecule has 1 aliphatic rings. The average molecular weight is 332 g/mol. The van der Waals surface area contributed by atoms with Crippen LogP contribution in [0.15, 0.2) is 65.7 Å². The summed E-state index contributed by atoms with van der Waals surface area (Å²) in [6, 6.07) is 13.3. The van der Waals surface area contributed by atoms with Crippen molar-refractivity contribution in [1.82, 2.24) is 9.55 Å². The summed E-state index contributed by atoms with van der Waals surface area (Å²) in [7, 11) is 0. The smallest absolute Gasteiger partial charge is 0.137 e. The number of aromatic nitrogens is 2. The third kappa shape index (κ3) is 2.09. The van der Waals surface area contributed by atoms with Gasteiger partial charge in [0.25, 0.3) is 0 Å². The van der Waals surface area contributed by atoms with Crippen molar-refractivity contribution in [1.29, 1.82) is 0 Å². The number of aliphatic hydroxyl groups is 1. The Kier molecular flexibility index (Phi) is 2.99. The number of fused-ring (bicyclic) bond motifs is 4. The van der Waals surface area contributed by atoms with Gasteiger partial charge in [0.1, 0.15) is 11.3 Å². The highest BCUT2D eigenvalue weighted by Gasteiger charge is 2.30. The number of phenolic OH excluding ortho intramolecular Hbond substituents is 1. The van der Waals surface area contributed by atoms with Crippen LogP contribution in [0.25, 0.3) is 22.2 Å². The number of imidazole rings is 1. The lowest BCUT2D eigenvalue weighted by molar-refractivity contribution is 0.150. The molecule has 5 rings (SSSR count). The highest BCUT2D eigenvalue weighted by atomic mass is 16.3. The summed E-state index contributed by atoms with van der Waals surface area (Å²) in [5, 5.41) is 22.0. The lowest BCUT2D eigenvalue weighted by Crippen LogP contribution is -2.10. The molecule has 5 nitrogen and oxygen atoms in total. The second-order valence-corrected chi connectivity index (χ2v) is 6.41. The molecule has 4 aromatic rings. The average Bonchev–Trinajstić information content (AvgIpc) is 3.31. The van der Waals surface area contributed by atoms with Crippen LogP contribution in [0.3, 0.4) is 0 Å². The van der Waals surface area contributed by atoms with E-state index in [2.05, 4.69) is 21.7 Å². The van der Waals surface area contributed by atoms with Crippen molar-refractivity contribution in [2.45, 2.75) is 18.6 Å². The van der Waals surface area contributed by atoms with Crippen LogP contribution >= 0.6 is 0 Å². The number of nitrogens with zero attached hydrogens (tertiary/aromatic N) is 2. The van der Waals surface area contributed by atoms with Crippen molar-refractivity contribution in [3.05, 3.63) is 72.4 Å². The quantitative estimate of drug-likeness (QED) is 0.594. The molecule has 3 heterocycles. The third-order valence-electron chi connectivity index (χ3n) is 5.00. The molecule has 0 amide bonds. The molecule has 2 unspecified atom stereocenters. The number of aliphatic hydroxyl groups excluding tert-OH is 1. The van der Waals surface area contributed by atoms with Crippen LogP contribution < -0.4 is 0 Å². The molecule has 124 valence electrons. The van der Waals surface area contributed by atoms with Gasteiger partial charge in [-0.2, -0.15) is 0 Å². The summed E-state index contributed by atoms with van der Waals surface area (Å²) in [5.74, 6) is 0.0482. The Hall–Kier alpha value is -3.05. The number of benzene rings is 2. The molecule has 2 atom stereocenters. The Bertz CT molecular complexity index is 1080. The molecule has 0 saturated carbocycles. The summed E-state index contributed by atoms with van der Waals surface area (Å²) in [5.41, 5.74) is 4.49. The van der Waals surface area contributed by atoms with Crippen molar-refractivity contribution in [3.63, 3.8) is 0 Å². The number of furan rings is 1. The zero-order valence-electron chi connectivity index (χ0n) is 13.3. The maximum absolute atomic E-state index is 10.8. The summed E-state index contributed by atoms with van der Waals surface area (Å²) < 4.78 is 7.38. The van der Waals surface area contributed by atoms with E-state index in [1.165, 1.54) is 5.56 Å². The number of hydrogen-bond donors (Lipinski definition) is 2. The second kappa shape index (κ2) is 5.22. The monoisotopic (exact) mass is 332 g/mol. The Labute approximate surface area is 143 Å². The lowest BCUT2D eigenvalue weighted by Gasteiger charge is -2.20. The van der Waals surface area contributed by atoms with E-state index in [4.69, 9.17) is 4.42 Å². The van der Waals surface area contributed by atoms with Crippen LogP contribution in [-0.4, -0.2) is 19.8 Å². The van der Waals surface area contributed by atoms with Gasteiger partial charge in [-0.1, -0.05) is 24.3 Å². The molecular weight excluding hydrogens is 316 g/mol. The van der Waals surface area contributed by atoms with Crippen molar-refractivity contribution in [2.24, 2.45) is 0 Å². The largest absolute Gasteiger partial charge is 0.507 e. The van der Waals surface area contributed by atoms with Crippen LogP contribution in [0.1, 0.15) is 29.7 Å². The van der Waals surface area contributed by atoms with Gasteiger partial charge >= 0.3 is 0 Å². The van der Waals surface area contributed by atoms with E-state index >= 15 is 0 Å². The van der Waals surface area contributed by atoms with Gasteiger partial charge in [-0.05, 0) is 17.7 Å². The SMILES string of the molecule is Oc1cc2occc2cc1C(O)CC1c2ccccc2-c2cncn21. The summed E-state index contributed by atoms with van der Waals surface area (Å²) in [4.78, 5) is 4.24. The predicted molar refractivity (Wildman–Crippen MR) is 93.3 cm³/mol. The molecule has 5 heteroatoms. The Morgan fingerprint density at radius 2 is 2.08 bits per heavy atom.